The van der Waals surface area contributed by atoms with Crippen LogP contribution in [0.3, 0.4) is 0 Å². The van der Waals surface area contributed by atoms with E-state index >= 15 is 0 Å². The number of aliphatic hydroxyl groups excluding tert-OH is 1. The number of anilines is 1. The lowest BCUT2D eigenvalue weighted by Crippen LogP contribution is -2.37. The van der Waals surface area contributed by atoms with Gasteiger partial charge in [0, 0.05) is 12.2 Å². The molecule has 3 N–H and O–H groups in total. The summed E-state index contributed by atoms with van der Waals surface area (Å²) >= 11 is 0. The van der Waals surface area contributed by atoms with Crippen molar-refractivity contribution in [1.82, 2.24) is 5.32 Å². The van der Waals surface area contributed by atoms with Gasteiger partial charge in [0.25, 0.3) is 0 Å². The van der Waals surface area contributed by atoms with Crippen LogP contribution in [0.1, 0.15) is 22.0 Å². The first-order valence-electron chi connectivity index (χ1n) is 8.93. The maximum Gasteiger partial charge on any atom is 0.337 e. The van der Waals surface area contributed by atoms with Gasteiger partial charge in [0.05, 0.1) is 18.8 Å². The molecule has 29 heavy (non-hydrogen) atoms. The standard InChI is InChI=1S/C22H20N2O5/c1-29-22(28)15-9-11-16(12-10-15)24-21(27)20(26)23-13-19(25)18-8-4-6-14-5-2-3-7-17(14)18/h2-12,19,25H,13H2,1H3,(H,23,26)(H,24,27)/t19-/m0/s1. The van der Waals surface area contributed by atoms with Crippen LogP contribution >= 0.6 is 0 Å². The van der Waals surface area contributed by atoms with E-state index in [0.717, 1.165) is 10.8 Å². The van der Waals surface area contributed by atoms with Gasteiger partial charge in [-0.2, -0.15) is 0 Å². The van der Waals surface area contributed by atoms with Crippen LogP contribution in [0.25, 0.3) is 10.8 Å². The highest BCUT2D eigenvalue weighted by Gasteiger charge is 2.17. The molecule has 3 aromatic carbocycles. The average molecular weight is 392 g/mol. The van der Waals surface area contributed by atoms with Crippen molar-refractivity contribution in [3.05, 3.63) is 77.9 Å². The van der Waals surface area contributed by atoms with E-state index in [4.69, 9.17) is 0 Å². The second-order valence-corrected chi connectivity index (χ2v) is 6.32. The first kappa shape index (κ1) is 20.0. The number of aliphatic hydroxyl groups is 1. The number of benzene rings is 3. The lowest BCUT2D eigenvalue weighted by Gasteiger charge is -2.14. The third-order valence-corrected chi connectivity index (χ3v) is 4.41. The van der Waals surface area contributed by atoms with Crippen LogP contribution in [0.5, 0.6) is 0 Å². The molecule has 0 saturated carbocycles. The zero-order valence-corrected chi connectivity index (χ0v) is 15.7. The van der Waals surface area contributed by atoms with Crippen molar-refractivity contribution in [2.75, 3.05) is 19.0 Å². The molecule has 7 nitrogen and oxygen atoms in total. The molecule has 0 aliphatic rings. The number of hydrogen-bond donors (Lipinski definition) is 3. The molecule has 0 fully saturated rings. The second-order valence-electron chi connectivity index (χ2n) is 6.32. The number of esters is 1. The second kappa shape index (κ2) is 8.99. The Bertz CT molecular complexity index is 1040. The molecule has 0 radical (unpaired) electrons. The van der Waals surface area contributed by atoms with Crippen LogP contribution in [0.4, 0.5) is 5.69 Å². The van der Waals surface area contributed by atoms with Crippen molar-refractivity contribution >= 4 is 34.2 Å². The van der Waals surface area contributed by atoms with Crippen molar-refractivity contribution in [2.45, 2.75) is 6.10 Å². The average Bonchev–Trinajstić information content (AvgIpc) is 2.76. The van der Waals surface area contributed by atoms with Gasteiger partial charge in [-0.1, -0.05) is 42.5 Å². The summed E-state index contributed by atoms with van der Waals surface area (Å²) in [6.45, 7) is -0.110. The van der Waals surface area contributed by atoms with E-state index in [9.17, 15) is 19.5 Å². The Morgan fingerprint density at radius 1 is 0.931 bits per heavy atom. The van der Waals surface area contributed by atoms with Crippen LogP contribution < -0.4 is 10.6 Å². The van der Waals surface area contributed by atoms with Gasteiger partial charge in [-0.25, -0.2) is 4.79 Å². The smallest absolute Gasteiger partial charge is 0.337 e. The molecule has 2 amide bonds. The fourth-order valence-electron chi connectivity index (χ4n) is 2.92. The molecule has 0 aromatic heterocycles. The molecular formula is C22H20N2O5. The molecule has 0 spiro atoms. The van der Waals surface area contributed by atoms with Gasteiger partial charge < -0.3 is 20.5 Å². The van der Waals surface area contributed by atoms with Gasteiger partial charge in [-0.05, 0) is 40.6 Å². The highest BCUT2D eigenvalue weighted by atomic mass is 16.5. The fraction of sp³-hybridized carbons (Fsp3) is 0.136. The summed E-state index contributed by atoms with van der Waals surface area (Å²) < 4.78 is 4.60. The summed E-state index contributed by atoms with van der Waals surface area (Å²) in [5.74, 6) is -2.25. The topological polar surface area (TPSA) is 105 Å². The predicted molar refractivity (Wildman–Crippen MR) is 108 cm³/mol. The first-order chi connectivity index (χ1) is 14.0. The summed E-state index contributed by atoms with van der Waals surface area (Å²) in [5, 5.41) is 17.2. The van der Waals surface area contributed by atoms with Crippen LogP contribution in [0, 0.1) is 0 Å². The summed E-state index contributed by atoms with van der Waals surface area (Å²) in [6.07, 6.45) is -0.961. The molecule has 148 valence electrons. The SMILES string of the molecule is COC(=O)c1ccc(NC(=O)C(=O)NC[C@H](O)c2cccc3ccccc23)cc1. The van der Waals surface area contributed by atoms with E-state index in [2.05, 4.69) is 15.4 Å². The zero-order chi connectivity index (χ0) is 20.8. The Hall–Kier alpha value is -3.71. The number of carbonyl (C=O) groups excluding carboxylic acids is 3. The molecular weight excluding hydrogens is 372 g/mol. The third-order valence-electron chi connectivity index (χ3n) is 4.41. The van der Waals surface area contributed by atoms with E-state index in [-0.39, 0.29) is 6.54 Å². The Labute approximate surface area is 167 Å². The maximum absolute atomic E-state index is 12.1. The van der Waals surface area contributed by atoms with Gasteiger partial charge in [0.15, 0.2) is 0 Å². The van der Waals surface area contributed by atoms with E-state index < -0.39 is 23.9 Å². The van der Waals surface area contributed by atoms with E-state index in [1.54, 1.807) is 6.07 Å². The van der Waals surface area contributed by atoms with E-state index in [1.807, 2.05) is 36.4 Å². The molecule has 0 unspecified atom stereocenters. The van der Waals surface area contributed by atoms with Gasteiger partial charge >= 0.3 is 17.8 Å². The van der Waals surface area contributed by atoms with Crippen molar-refractivity contribution in [1.29, 1.82) is 0 Å². The highest BCUT2D eigenvalue weighted by Crippen LogP contribution is 2.23. The lowest BCUT2D eigenvalue weighted by molar-refractivity contribution is -0.136. The van der Waals surface area contributed by atoms with Crippen LogP contribution in [0.15, 0.2) is 66.7 Å². The van der Waals surface area contributed by atoms with Gasteiger partial charge in [0.1, 0.15) is 0 Å². The monoisotopic (exact) mass is 392 g/mol. The minimum Gasteiger partial charge on any atom is -0.465 e. The van der Waals surface area contributed by atoms with Crippen molar-refractivity contribution < 1.29 is 24.2 Å². The molecule has 0 bridgehead atoms. The molecule has 3 rings (SSSR count). The van der Waals surface area contributed by atoms with Crippen molar-refractivity contribution in [3.8, 4) is 0 Å². The number of carbonyl (C=O) groups is 3. The summed E-state index contributed by atoms with van der Waals surface area (Å²) in [7, 11) is 1.27. The van der Waals surface area contributed by atoms with Crippen molar-refractivity contribution in [2.24, 2.45) is 0 Å². The quantitative estimate of drug-likeness (QED) is 0.457. The largest absolute Gasteiger partial charge is 0.465 e. The molecule has 0 heterocycles. The number of nitrogens with one attached hydrogen (secondary N) is 2. The van der Waals surface area contributed by atoms with Gasteiger partial charge in [0.2, 0.25) is 0 Å². The molecule has 0 aliphatic carbocycles. The normalized spacial score (nSPS) is 11.5. The van der Waals surface area contributed by atoms with Crippen molar-refractivity contribution in [3.63, 3.8) is 0 Å². The minimum atomic E-state index is -0.961. The summed E-state index contributed by atoms with van der Waals surface area (Å²) in [4.78, 5) is 35.5. The first-order valence-corrected chi connectivity index (χ1v) is 8.93. The van der Waals surface area contributed by atoms with Gasteiger partial charge in [-0.15, -0.1) is 0 Å². The zero-order valence-electron chi connectivity index (χ0n) is 15.7. The highest BCUT2D eigenvalue weighted by molar-refractivity contribution is 6.39. The Morgan fingerprint density at radius 2 is 1.62 bits per heavy atom. The molecule has 0 aliphatic heterocycles. The Kier molecular flexibility index (Phi) is 6.21. The number of hydrogen-bond acceptors (Lipinski definition) is 5. The minimum absolute atomic E-state index is 0.110. The fourth-order valence-corrected chi connectivity index (χ4v) is 2.92. The van der Waals surface area contributed by atoms with Crippen LogP contribution in [-0.4, -0.2) is 36.5 Å². The third kappa shape index (κ3) is 4.77. The Morgan fingerprint density at radius 3 is 2.34 bits per heavy atom. The van der Waals surface area contributed by atoms with Gasteiger partial charge in [-0.3, -0.25) is 9.59 Å². The van der Waals surface area contributed by atoms with Crippen LogP contribution in [0.2, 0.25) is 0 Å². The lowest BCUT2D eigenvalue weighted by atomic mass is 10.0. The molecule has 7 heteroatoms. The van der Waals surface area contributed by atoms with E-state index in [1.165, 1.54) is 31.4 Å². The summed E-state index contributed by atoms with van der Waals surface area (Å²) in [5.41, 5.74) is 1.35. The number of fused-ring (bicyclic) bond motifs is 1. The maximum atomic E-state index is 12.1. The molecule has 1 atom stereocenters. The number of ether oxygens (including phenoxy) is 1. The van der Waals surface area contributed by atoms with Crippen LogP contribution in [-0.2, 0) is 14.3 Å². The number of methoxy groups -OCH3 is 1. The number of amides is 2. The Balaban J connectivity index is 1.58. The predicted octanol–water partition coefficient (Wildman–Crippen LogP) is 2.41. The molecule has 0 saturated heterocycles. The number of rotatable bonds is 5. The van der Waals surface area contributed by atoms with E-state index in [0.29, 0.717) is 16.8 Å². The molecule has 3 aromatic rings. The summed E-state index contributed by atoms with van der Waals surface area (Å²) in [6, 6.07) is 19.1.